The minimum atomic E-state index is -0.551. The number of benzene rings is 9. The second kappa shape index (κ2) is 11.2. The van der Waals surface area contributed by atoms with Crippen molar-refractivity contribution in [1.82, 2.24) is 14.5 Å². The fraction of sp³-hybridized carbons (Fsp3) is 0.0182. The fourth-order valence-corrected chi connectivity index (χ4v) is 11.0. The Kier molecular flexibility index (Phi) is 5.93. The first-order chi connectivity index (χ1) is 29.3. The van der Waals surface area contributed by atoms with Gasteiger partial charge in [-0.25, -0.2) is 9.97 Å². The van der Waals surface area contributed by atoms with E-state index in [1.54, 1.807) is 0 Å². The molecule has 12 aromatic rings. The van der Waals surface area contributed by atoms with E-state index in [-0.39, 0.29) is 0 Å². The third kappa shape index (κ3) is 3.84. The van der Waals surface area contributed by atoms with Crippen LogP contribution in [0.15, 0.2) is 192 Å². The number of para-hydroxylation sites is 2. The number of fused-ring (bicyclic) bond motifs is 11. The van der Waals surface area contributed by atoms with Crippen LogP contribution in [0.4, 0.5) is 0 Å². The predicted octanol–water partition coefficient (Wildman–Crippen LogP) is 13.8. The summed E-state index contributed by atoms with van der Waals surface area (Å²) in [4.78, 5) is 10.9. The predicted molar refractivity (Wildman–Crippen MR) is 240 cm³/mol. The van der Waals surface area contributed by atoms with Crippen molar-refractivity contribution in [2.24, 2.45) is 0 Å². The van der Waals surface area contributed by atoms with Gasteiger partial charge in [0.15, 0.2) is 0 Å². The molecule has 0 bridgehead atoms. The molecule has 272 valence electrons. The van der Waals surface area contributed by atoms with Gasteiger partial charge in [0, 0.05) is 32.5 Å². The van der Waals surface area contributed by atoms with Crippen LogP contribution in [0.2, 0.25) is 0 Å². The van der Waals surface area contributed by atoms with Gasteiger partial charge < -0.3 is 4.42 Å². The highest BCUT2D eigenvalue weighted by molar-refractivity contribution is 6.30. The Balaban J connectivity index is 1.22. The molecule has 0 amide bonds. The number of rotatable bonds is 3. The molecule has 0 N–H and O–H groups in total. The van der Waals surface area contributed by atoms with Crippen molar-refractivity contribution in [3.05, 3.63) is 210 Å². The van der Waals surface area contributed by atoms with Gasteiger partial charge >= 0.3 is 0 Å². The Morgan fingerprint density at radius 2 is 1.00 bits per heavy atom. The lowest BCUT2D eigenvalue weighted by Crippen LogP contribution is -2.30. The van der Waals surface area contributed by atoms with E-state index < -0.39 is 5.41 Å². The number of nitrogens with zero attached hydrogens (tertiary/aromatic N) is 3. The first kappa shape index (κ1) is 31.3. The quantitative estimate of drug-likeness (QED) is 0.181. The van der Waals surface area contributed by atoms with Gasteiger partial charge in [0.2, 0.25) is 5.95 Å². The molecule has 0 aliphatic heterocycles. The number of hydrogen-bond donors (Lipinski definition) is 0. The smallest absolute Gasteiger partial charge is 0.235 e. The van der Waals surface area contributed by atoms with Gasteiger partial charge in [-0.1, -0.05) is 158 Å². The van der Waals surface area contributed by atoms with Crippen LogP contribution < -0.4 is 0 Å². The van der Waals surface area contributed by atoms with Gasteiger partial charge in [0.1, 0.15) is 11.2 Å². The summed E-state index contributed by atoms with van der Waals surface area (Å²) in [6.07, 6.45) is 0. The highest BCUT2D eigenvalue weighted by atomic mass is 16.3. The summed E-state index contributed by atoms with van der Waals surface area (Å²) in [6, 6.07) is 68.1. The minimum Gasteiger partial charge on any atom is -0.456 e. The van der Waals surface area contributed by atoms with Gasteiger partial charge in [-0.2, -0.15) is 0 Å². The molecule has 14 rings (SSSR count). The number of aromatic nitrogens is 3. The highest BCUT2D eigenvalue weighted by Crippen LogP contribution is 2.62. The van der Waals surface area contributed by atoms with Crippen LogP contribution in [0.5, 0.6) is 0 Å². The van der Waals surface area contributed by atoms with E-state index in [9.17, 15) is 0 Å². The zero-order valence-electron chi connectivity index (χ0n) is 31.6. The van der Waals surface area contributed by atoms with Crippen LogP contribution in [-0.2, 0) is 5.41 Å². The van der Waals surface area contributed by atoms with Gasteiger partial charge in [0.05, 0.1) is 27.7 Å². The molecule has 0 saturated heterocycles. The molecule has 0 unspecified atom stereocenters. The van der Waals surface area contributed by atoms with Crippen LogP contribution in [-0.4, -0.2) is 14.5 Å². The molecule has 1 spiro atoms. The average Bonchev–Trinajstić information content (AvgIpc) is 3.95. The summed E-state index contributed by atoms with van der Waals surface area (Å²) in [7, 11) is 0. The summed E-state index contributed by atoms with van der Waals surface area (Å²) >= 11 is 0. The molecule has 59 heavy (non-hydrogen) atoms. The average molecular weight is 750 g/mol. The molecule has 0 radical (unpaired) electrons. The van der Waals surface area contributed by atoms with Crippen molar-refractivity contribution >= 4 is 65.4 Å². The lowest BCUT2D eigenvalue weighted by atomic mass is 9.63. The van der Waals surface area contributed by atoms with Crippen molar-refractivity contribution < 1.29 is 4.42 Å². The molecular formula is C55H31N3O. The number of furan rings is 1. The molecule has 4 heteroatoms. The Bertz CT molecular complexity index is 3750. The van der Waals surface area contributed by atoms with E-state index in [1.165, 1.54) is 54.9 Å². The van der Waals surface area contributed by atoms with Gasteiger partial charge in [-0.05, 0) is 85.6 Å². The van der Waals surface area contributed by atoms with E-state index in [0.29, 0.717) is 5.95 Å². The highest BCUT2D eigenvalue weighted by Gasteiger charge is 2.50. The van der Waals surface area contributed by atoms with E-state index in [1.807, 2.05) is 6.07 Å². The monoisotopic (exact) mass is 749 g/mol. The first-order valence-electron chi connectivity index (χ1n) is 20.3. The second-order valence-corrected chi connectivity index (χ2v) is 16.0. The van der Waals surface area contributed by atoms with E-state index >= 15 is 0 Å². The molecule has 3 heterocycles. The summed E-state index contributed by atoms with van der Waals surface area (Å²) in [5.41, 5.74) is 16.3. The van der Waals surface area contributed by atoms with Crippen LogP contribution in [0.1, 0.15) is 22.3 Å². The molecule has 0 saturated carbocycles. The SMILES string of the molecule is c1ccc(-c2nc(-n3c4cccc5c4c4c6c(cccc6c(-c6cccc7oc8ccccc8c67)cc43)C53c4ccccc4-c4ccccc43)nc3ccccc23)cc1. The Morgan fingerprint density at radius 3 is 1.83 bits per heavy atom. The van der Waals surface area contributed by atoms with Gasteiger partial charge in [0.25, 0.3) is 0 Å². The normalized spacial score (nSPS) is 13.6. The third-order valence-electron chi connectivity index (χ3n) is 13.2. The van der Waals surface area contributed by atoms with E-state index in [0.717, 1.165) is 66.3 Å². The Morgan fingerprint density at radius 1 is 0.390 bits per heavy atom. The molecule has 0 fully saturated rings. The van der Waals surface area contributed by atoms with Gasteiger partial charge in [-0.15, -0.1) is 0 Å². The lowest BCUT2D eigenvalue weighted by Gasteiger charge is -2.38. The van der Waals surface area contributed by atoms with Crippen molar-refractivity contribution in [3.8, 4) is 39.5 Å². The summed E-state index contributed by atoms with van der Waals surface area (Å²) in [5.74, 6) is 0.651. The van der Waals surface area contributed by atoms with Crippen LogP contribution in [0, 0.1) is 0 Å². The largest absolute Gasteiger partial charge is 0.456 e. The van der Waals surface area contributed by atoms with E-state index in [2.05, 4.69) is 187 Å². The molecule has 9 aromatic carbocycles. The van der Waals surface area contributed by atoms with Crippen molar-refractivity contribution in [1.29, 1.82) is 0 Å². The Labute approximate surface area is 338 Å². The first-order valence-corrected chi connectivity index (χ1v) is 20.3. The summed E-state index contributed by atoms with van der Waals surface area (Å²) < 4.78 is 8.85. The third-order valence-corrected chi connectivity index (χ3v) is 13.2. The lowest BCUT2D eigenvalue weighted by molar-refractivity contribution is 0.669. The summed E-state index contributed by atoms with van der Waals surface area (Å²) in [5, 5.41) is 8.22. The zero-order chi connectivity index (χ0) is 38.4. The maximum Gasteiger partial charge on any atom is 0.235 e. The number of hydrogen-bond acceptors (Lipinski definition) is 3. The second-order valence-electron chi connectivity index (χ2n) is 16.0. The van der Waals surface area contributed by atoms with Crippen molar-refractivity contribution in [2.45, 2.75) is 5.41 Å². The van der Waals surface area contributed by atoms with Crippen molar-refractivity contribution in [3.63, 3.8) is 0 Å². The molecule has 2 aliphatic carbocycles. The standard InChI is InChI=1S/C55H31N3O/c1-2-15-32(16-3-1)53-37-19-6-10-27-44(37)56-54(57-53)58-45-28-14-26-43-51(45)52-46(58)31-39(35-22-13-30-48-49(35)38-20-7-11-29-47(38)59-48)36-21-12-25-42(50(36)52)55(43)40-23-8-4-17-33(40)34-18-5-9-24-41(34)55/h1-31H. The molecule has 2 aliphatic rings. The summed E-state index contributed by atoms with van der Waals surface area (Å²) in [6.45, 7) is 0. The zero-order valence-corrected chi connectivity index (χ0v) is 31.6. The minimum absolute atomic E-state index is 0.551. The van der Waals surface area contributed by atoms with Crippen LogP contribution >= 0.6 is 0 Å². The Hall–Kier alpha value is -7.82. The van der Waals surface area contributed by atoms with Crippen LogP contribution in [0.3, 0.4) is 0 Å². The fourth-order valence-electron chi connectivity index (χ4n) is 11.0. The maximum absolute atomic E-state index is 6.51. The van der Waals surface area contributed by atoms with Gasteiger partial charge in [-0.3, -0.25) is 4.57 Å². The molecular weight excluding hydrogens is 719 g/mol. The maximum atomic E-state index is 6.51. The molecule has 0 atom stereocenters. The topological polar surface area (TPSA) is 43.9 Å². The van der Waals surface area contributed by atoms with Crippen molar-refractivity contribution in [2.75, 3.05) is 0 Å². The molecule has 3 aromatic heterocycles. The van der Waals surface area contributed by atoms with E-state index in [4.69, 9.17) is 14.4 Å². The molecule has 4 nitrogen and oxygen atoms in total. The van der Waals surface area contributed by atoms with Crippen LogP contribution in [0.25, 0.3) is 105 Å².